The number of hydrogen-bond acceptors (Lipinski definition) is 3. The summed E-state index contributed by atoms with van der Waals surface area (Å²) in [5.74, 6) is -1.33. The van der Waals surface area contributed by atoms with Crippen LogP contribution in [0.25, 0.3) is 10.8 Å². The average Bonchev–Trinajstić information content (AvgIpc) is 2.45. The van der Waals surface area contributed by atoms with Gasteiger partial charge in [-0.25, -0.2) is 0 Å². The topological polar surface area (TPSA) is 124 Å². The third-order valence-corrected chi connectivity index (χ3v) is 3.06. The highest BCUT2D eigenvalue weighted by Crippen LogP contribution is 2.23. The maximum Gasteiger partial charge on any atom is 0.320 e. The van der Waals surface area contributed by atoms with E-state index in [1.165, 1.54) is 0 Å². The molecule has 2 aromatic rings. The Morgan fingerprint density at radius 3 is 2.52 bits per heavy atom. The third kappa shape index (κ3) is 4.27. The fourth-order valence-corrected chi connectivity index (χ4v) is 1.96. The van der Waals surface area contributed by atoms with Crippen LogP contribution in [-0.2, 0) is 9.59 Å². The lowest BCUT2D eigenvalue weighted by Gasteiger charge is -2.09. The average molecular weight is 290 g/mol. The van der Waals surface area contributed by atoms with E-state index in [0.717, 1.165) is 16.5 Å². The van der Waals surface area contributed by atoms with Gasteiger partial charge in [-0.1, -0.05) is 36.4 Å². The molecule has 0 aliphatic rings. The molecule has 0 radical (unpaired) electrons. The van der Waals surface area contributed by atoms with Gasteiger partial charge >= 0.3 is 5.97 Å². The number of carbonyl (C=O) groups excluding carboxylic acids is 1. The molecule has 0 aliphatic heterocycles. The highest BCUT2D eigenvalue weighted by Gasteiger charge is 2.13. The molecule has 6 heteroatoms. The minimum atomic E-state index is -1.09. The van der Waals surface area contributed by atoms with E-state index >= 15 is 0 Å². The number of nitrogens with two attached hydrogens (primary N) is 1. The first-order valence-electron chi connectivity index (χ1n) is 6.34. The summed E-state index contributed by atoms with van der Waals surface area (Å²) in [6, 6.07) is 12.4. The van der Waals surface area contributed by atoms with Crippen LogP contribution < -0.4 is 11.1 Å². The maximum absolute atomic E-state index is 11.8. The minimum absolute atomic E-state index is 0. The van der Waals surface area contributed by atoms with Crippen LogP contribution in [0.3, 0.4) is 0 Å². The number of carboxylic acids is 1. The molecular weight excluding hydrogens is 272 g/mol. The molecule has 1 atom stereocenters. The summed E-state index contributed by atoms with van der Waals surface area (Å²) in [7, 11) is 0. The Bertz CT molecular complexity index is 637. The Kier molecular flexibility index (Phi) is 5.83. The molecular formula is C15H18N2O4. The van der Waals surface area contributed by atoms with Gasteiger partial charge in [-0.05, 0) is 17.9 Å². The number of hydrogen-bond donors (Lipinski definition) is 3. The summed E-state index contributed by atoms with van der Waals surface area (Å²) in [6.07, 6.45) is 0.197. The predicted octanol–water partition coefficient (Wildman–Crippen LogP) is 1.15. The maximum atomic E-state index is 11.8. The summed E-state index contributed by atoms with van der Waals surface area (Å²) in [4.78, 5) is 22.4. The molecule has 1 unspecified atom stereocenters. The van der Waals surface area contributed by atoms with Gasteiger partial charge < -0.3 is 21.6 Å². The number of carboxylic acid groups (broad SMARTS) is 1. The molecule has 1 amide bonds. The Hall–Kier alpha value is -2.44. The lowest BCUT2D eigenvalue weighted by Crippen LogP contribution is -2.31. The molecule has 2 aromatic carbocycles. The smallest absolute Gasteiger partial charge is 0.320 e. The monoisotopic (exact) mass is 290 g/mol. The van der Waals surface area contributed by atoms with Gasteiger partial charge in [-0.3, -0.25) is 9.59 Å². The first kappa shape index (κ1) is 16.6. The molecule has 6 N–H and O–H groups in total. The number of anilines is 1. The number of aliphatic carboxylic acids is 1. The van der Waals surface area contributed by atoms with Crippen LogP contribution in [0.5, 0.6) is 0 Å². The molecule has 6 nitrogen and oxygen atoms in total. The largest absolute Gasteiger partial charge is 0.480 e. The lowest BCUT2D eigenvalue weighted by molar-refractivity contribution is -0.138. The van der Waals surface area contributed by atoms with Gasteiger partial charge in [0.2, 0.25) is 5.91 Å². The molecule has 0 spiro atoms. The van der Waals surface area contributed by atoms with E-state index in [9.17, 15) is 9.59 Å². The number of carbonyl (C=O) groups is 2. The molecule has 112 valence electrons. The van der Waals surface area contributed by atoms with Crippen molar-refractivity contribution in [1.82, 2.24) is 0 Å². The molecule has 0 heterocycles. The van der Waals surface area contributed by atoms with E-state index in [4.69, 9.17) is 10.8 Å². The first-order valence-corrected chi connectivity index (χ1v) is 6.34. The summed E-state index contributed by atoms with van der Waals surface area (Å²) >= 11 is 0. The third-order valence-electron chi connectivity index (χ3n) is 3.06. The molecule has 0 bridgehead atoms. The van der Waals surface area contributed by atoms with Gasteiger partial charge in [-0.15, -0.1) is 0 Å². The molecule has 0 saturated carbocycles. The van der Waals surface area contributed by atoms with Crippen LogP contribution in [0, 0.1) is 0 Å². The van der Waals surface area contributed by atoms with Gasteiger partial charge in [0.05, 0.1) is 0 Å². The number of amides is 1. The second-order valence-corrected chi connectivity index (χ2v) is 4.56. The van der Waals surface area contributed by atoms with Crippen molar-refractivity contribution in [3.63, 3.8) is 0 Å². The van der Waals surface area contributed by atoms with Crippen molar-refractivity contribution in [2.24, 2.45) is 5.73 Å². The Morgan fingerprint density at radius 1 is 1.14 bits per heavy atom. The van der Waals surface area contributed by atoms with Gasteiger partial charge in [0.25, 0.3) is 0 Å². The number of rotatable bonds is 5. The molecule has 21 heavy (non-hydrogen) atoms. The van der Waals surface area contributed by atoms with E-state index in [1.807, 2.05) is 42.5 Å². The zero-order valence-electron chi connectivity index (χ0n) is 11.4. The standard InChI is InChI=1S/C15H16N2O3.H2O/c16-12(15(19)20)8-9-14(18)17-13-7-3-5-10-4-1-2-6-11(10)13;/h1-7,12H,8-9,16H2,(H,17,18)(H,19,20);1H2. The zero-order valence-corrected chi connectivity index (χ0v) is 11.4. The van der Waals surface area contributed by atoms with Gasteiger partial charge in [0.1, 0.15) is 6.04 Å². The second-order valence-electron chi connectivity index (χ2n) is 4.56. The van der Waals surface area contributed by atoms with Gasteiger partial charge in [-0.2, -0.15) is 0 Å². The summed E-state index contributed by atoms with van der Waals surface area (Å²) in [6.45, 7) is 0. The van der Waals surface area contributed by atoms with Crippen LogP contribution in [-0.4, -0.2) is 28.5 Å². The highest BCUT2D eigenvalue weighted by atomic mass is 16.4. The zero-order chi connectivity index (χ0) is 14.5. The normalized spacial score (nSPS) is 11.5. The van der Waals surface area contributed by atoms with E-state index < -0.39 is 12.0 Å². The number of fused-ring (bicyclic) bond motifs is 1. The van der Waals surface area contributed by atoms with Crippen molar-refractivity contribution in [1.29, 1.82) is 0 Å². The van der Waals surface area contributed by atoms with Crippen LogP contribution in [0.4, 0.5) is 5.69 Å². The van der Waals surface area contributed by atoms with E-state index in [-0.39, 0.29) is 24.2 Å². The molecule has 2 rings (SSSR count). The highest BCUT2D eigenvalue weighted by molar-refractivity contribution is 6.02. The van der Waals surface area contributed by atoms with E-state index in [0.29, 0.717) is 0 Å². The molecule has 0 fully saturated rings. The first-order chi connectivity index (χ1) is 9.58. The quantitative estimate of drug-likeness (QED) is 0.763. The van der Waals surface area contributed by atoms with Crippen molar-refractivity contribution >= 4 is 28.3 Å². The Labute approximate surface area is 121 Å². The summed E-state index contributed by atoms with van der Waals surface area (Å²) < 4.78 is 0. The fraction of sp³-hybridized carbons (Fsp3) is 0.200. The molecule has 0 aromatic heterocycles. The van der Waals surface area contributed by atoms with Gasteiger partial charge in [0.15, 0.2) is 0 Å². The van der Waals surface area contributed by atoms with Crippen molar-refractivity contribution in [2.45, 2.75) is 18.9 Å². The van der Waals surface area contributed by atoms with Crippen molar-refractivity contribution < 1.29 is 20.2 Å². The van der Waals surface area contributed by atoms with Gasteiger partial charge in [0, 0.05) is 17.5 Å². The molecule has 0 saturated heterocycles. The Balaban J connectivity index is 0.00000220. The number of benzene rings is 2. The second kappa shape index (κ2) is 7.37. The van der Waals surface area contributed by atoms with Crippen molar-refractivity contribution in [3.8, 4) is 0 Å². The van der Waals surface area contributed by atoms with E-state index in [1.54, 1.807) is 0 Å². The molecule has 0 aliphatic carbocycles. The summed E-state index contributed by atoms with van der Waals surface area (Å²) in [5.41, 5.74) is 6.09. The van der Waals surface area contributed by atoms with Crippen LogP contribution in [0.1, 0.15) is 12.8 Å². The summed E-state index contributed by atoms with van der Waals surface area (Å²) in [5, 5.41) is 13.4. The Morgan fingerprint density at radius 2 is 1.81 bits per heavy atom. The van der Waals surface area contributed by atoms with Crippen molar-refractivity contribution in [2.75, 3.05) is 5.32 Å². The fourth-order valence-electron chi connectivity index (χ4n) is 1.96. The van der Waals surface area contributed by atoms with E-state index in [2.05, 4.69) is 5.32 Å². The van der Waals surface area contributed by atoms with Crippen LogP contribution in [0.2, 0.25) is 0 Å². The lowest BCUT2D eigenvalue weighted by atomic mass is 10.1. The van der Waals surface area contributed by atoms with Crippen LogP contribution in [0.15, 0.2) is 42.5 Å². The minimum Gasteiger partial charge on any atom is -0.480 e. The van der Waals surface area contributed by atoms with Crippen LogP contribution >= 0.6 is 0 Å². The predicted molar refractivity (Wildman–Crippen MR) is 81.0 cm³/mol. The number of nitrogens with one attached hydrogen (secondary N) is 1. The van der Waals surface area contributed by atoms with Crippen molar-refractivity contribution in [3.05, 3.63) is 42.5 Å². The SMILES string of the molecule is NC(CCC(=O)Nc1cccc2ccccc12)C(=O)O.O.